The average molecular weight is 385 g/mol. The van der Waals surface area contributed by atoms with E-state index in [2.05, 4.69) is 10.2 Å². The highest BCUT2D eigenvalue weighted by Gasteiger charge is 2.12. The number of hydrogen-bond donors (Lipinski definition) is 1. The van der Waals surface area contributed by atoms with Crippen molar-refractivity contribution in [3.8, 4) is 5.75 Å². The van der Waals surface area contributed by atoms with Gasteiger partial charge in [0.1, 0.15) is 5.75 Å². The molecule has 1 aromatic carbocycles. The Kier molecular flexibility index (Phi) is 7.83. The standard InChI is InChI=1S/C17H27N3O5S/c1-19(26(2,22)23)13-15-3-5-16(6-4-15)25-14-17(21)18-7-8-20-9-11-24-12-10-20/h3-6H,7-14H2,1-2H3,(H,18,21). The number of hydrogen-bond acceptors (Lipinski definition) is 6. The minimum atomic E-state index is -3.21. The highest BCUT2D eigenvalue weighted by molar-refractivity contribution is 7.88. The Hall–Kier alpha value is -1.68. The summed E-state index contributed by atoms with van der Waals surface area (Å²) in [6.45, 7) is 4.91. The van der Waals surface area contributed by atoms with Gasteiger partial charge in [-0.3, -0.25) is 9.69 Å². The molecule has 9 heteroatoms. The molecule has 1 saturated heterocycles. The molecule has 0 radical (unpaired) electrons. The van der Waals surface area contributed by atoms with Crippen LogP contribution in [-0.2, 0) is 26.1 Å². The maximum absolute atomic E-state index is 11.8. The van der Waals surface area contributed by atoms with Crippen LogP contribution in [0.25, 0.3) is 0 Å². The van der Waals surface area contributed by atoms with Crippen LogP contribution in [0.4, 0.5) is 0 Å². The normalized spacial score (nSPS) is 15.8. The quantitative estimate of drug-likeness (QED) is 0.639. The predicted molar refractivity (Wildman–Crippen MR) is 98.5 cm³/mol. The maximum atomic E-state index is 11.8. The molecule has 1 aliphatic heterocycles. The molecule has 1 fully saturated rings. The minimum Gasteiger partial charge on any atom is -0.484 e. The van der Waals surface area contributed by atoms with Gasteiger partial charge in [0.05, 0.1) is 19.5 Å². The molecule has 146 valence electrons. The average Bonchev–Trinajstić information content (AvgIpc) is 2.61. The lowest BCUT2D eigenvalue weighted by molar-refractivity contribution is -0.123. The van der Waals surface area contributed by atoms with Crippen LogP contribution in [-0.4, -0.2) is 82.8 Å². The third-order valence-electron chi connectivity index (χ3n) is 4.12. The van der Waals surface area contributed by atoms with Gasteiger partial charge in [0, 0.05) is 39.8 Å². The van der Waals surface area contributed by atoms with E-state index in [1.54, 1.807) is 24.3 Å². The summed E-state index contributed by atoms with van der Waals surface area (Å²) in [7, 11) is -1.68. The topological polar surface area (TPSA) is 88.2 Å². The maximum Gasteiger partial charge on any atom is 0.257 e. The predicted octanol–water partition coefficient (Wildman–Crippen LogP) is -0.0948. The monoisotopic (exact) mass is 385 g/mol. The van der Waals surface area contributed by atoms with Crippen LogP contribution in [0.5, 0.6) is 5.75 Å². The molecule has 1 aliphatic rings. The molecular weight excluding hydrogens is 358 g/mol. The fourth-order valence-corrected chi connectivity index (χ4v) is 2.83. The van der Waals surface area contributed by atoms with Crippen molar-refractivity contribution in [1.29, 1.82) is 0 Å². The molecule has 2 rings (SSSR count). The van der Waals surface area contributed by atoms with Crippen LogP contribution in [0.1, 0.15) is 5.56 Å². The summed E-state index contributed by atoms with van der Waals surface area (Å²) < 4.78 is 34.8. The van der Waals surface area contributed by atoms with Crippen molar-refractivity contribution >= 4 is 15.9 Å². The first-order chi connectivity index (χ1) is 12.3. The van der Waals surface area contributed by atoms with Crippen molar-refractivity contribution in [3.63, 3.8) is 0 Å². The van der Waals surface area contributed by atoms with Crippen molar-refractivity contribution in [1.82, 2.24) is 14.5 Å². The van der Waals surface area contributed by atoms with E-state index in [4.69, 9.17) is 9.47 Å². The van der Waals surface area contributed by atoms with Crippen LogP contribution in [0, 0.1) is 0 Å². The lowest BCUT2D eigenvalue weighted by atomic mass is 10.2. The number of carbonyl (C=O) groups is 1. The summed E-state index contributed by atoms with van der Waals surface area (Å²) in [6, 6.07) is 7.03. The van der Waals surface area contributed by atoms with Crippen molar-refractivity contribution in [3.05, 3.63) is 29.8 Å². The highest BCUT2D eigenvalue weighted by Crippen LogP contribution is 2.14. The zero-order valence-corrected chi connectivity index (χ0v) is 16.1. The first kappa shape index (κ1) is 20.6. The zero-order valence-electron chi connectivity index (χ0n) is 15.3. The number of benzene rings is 1. The molecule has 0 aromatic heterocycles. The van der Waals surface area contributed by atoms with E-state index >= 15 is 0 Å². The molecule has 1 amide bonds. The van der Waals surface area contributed by atoms with Crippen LogP contribution in [0.15, 0.2) is 24.3 Å². The molecule has 1 heterocycles. The number of carbonyl (C=O) groups excluding carboxylic acids is 1. The lowest BCUT2D eigenvalue weighted by Gasteiger charge is -2.26. The number of morpholine rings is 1. The van der Waals surface area contributed by atoms with E-state index in [1.807, 2.05) is 0 Å². The SMILES string of the molecule is CN(Cc1ccc(OCC(=O)NCCN2CCOCC2)cc1)S(C)(=O)=O. The number of nitrogens with one attached hydrogen (secondary N) is 1. The van der Waals surface area contributed by atoms with Crippen LogP contribution >= 0.6 is 0 Å². The van der Waals surface area contributed by atoms with Gasteiger partial charge in [0.25, 0.3) is 5.91 Å². The van der Waals surface area contributed by atoms with Crippen molar-refractivity contribution < 1.29 is 22.7 Å². The van der Waals surface area contributed by atoms with Crippen LogP contribution in [0.2, 0.25) is 0 Å². The molecule has 26 heavy (non-hydrogen) atoms. The molecule has 0 atom stereocenters. The zero-order chi connectivity index (χ0) is 19.0. The summed E-state index contributed by atoms with van der Waals surface area (Å²) in [5.41, 5.74) is 0.847. The number of sulfonamides is 1. The van der Waals surface area contributed by atoms with Gasteiger partial charge in [-0.2, -0.15) is 0 Å². The molecule has 0 bridgehead atoms. The second-order valence-corrected chi connectivity index (χ2v) is 8.35. The van der Waals surface area contributed by atoms with Gasteiger partial charge in [-0.1, -0.05) is 12.1 Å². The van der Waals surface area contributed by atoms with Gasteiger partial charge in [-0.05, 0) is 17.7 Å². The van der Waals surface area contributed by atoms with E-state index in [9.17, 15) is 13.2 Å². The number of rotatable bonds is 9. The van der Waals surface area contributed by atoms with Gasteiger partial charge in [-0.25, -0.2) is 12.7 Å². The van der Waals surface area contributed by atoms with Crippen molar-refractivity contribution in [2.24, 2.45) is 0 Å². The fraction of sp³-hybridized carbons (Fsp3) is 0.588. The summed E-state index contributed by atoms with van der Waals surface area (Å²) in [6.07, 6.45) is 1.17. The second kappa shape index (κ2) is 9.86. The van der Waals surface area contributed by atoms with E-state index in [0.717, 1.165) is 38.4 Å². The summed E-state index contributed by atoms with van der Waals surface area (Å²) in [5, 5.41) is 2.83. The Morgan fingerprint density at radius 1 is 1.27 bits per heavy atom. The van der Waals surface area contributed by atoms with E-state index in [1.165, 1.54) is 17.6 Å². The molecule has 0 spiro atoms. The summed E-state index contributed by atoms with van der Waals surface area (Å²) >= 11 is 0. The number of ether oxygens (including phenoxy) is 2. The van der Waals surface area contributed by atoms with Gasteiger partial charge >= 0.3 is 0 Å². The van der Waals surface area contributed by atoms with E-state index < -0.39 is 10.0 Å². The molecule has 8 nitrogen and oxygen atoms in total. The molecule has 0 aliphatic carbocycles. The van der Waals surface area contributed by atoms with Crippen molar-refractivity contribution in [2.45, 2.75) is 6.54 Å². The molecular formula is C17H27N3O5S. The molecule has 0 unspecified atom stereocenters. The first-order valence-corrected chi connectivity index (χ1v) is 10.4. The van der Waals surface area contributed by atoms with Gasteiger partial charge in [0.15, 0.2) is 6.61 Å². The Labute approximate surface area is 155 Å². The third-order valence-corrected chi connectivity index (χ3v) is 5.38. The molecule has 1 N–H and O–H groups in total. The van der Waals surface area contributed by atoms with Gasteiger partial charge in [-0.15, -0.1) is 0 Å². The van der Waals surface area contributed by atoms with Crippen molar-refractivity contribution in [2.75, 3.05) is 59.3 Å². The van der Waals surface area contributed by atoms with E-state index in [-0.39, 0.29) is 12.5 Å². The van der Waals surface area contributed by atoms with Crippen LogP contribution in [0.3, 0.4) is 0 Å². The fourth-order valence-electron chi connectivity index (χ4n) is 2.44. The third kappa shape index (κ3) is 7.28. The lowest BCUT2D eigenvalue weighted by Crippen LogP contribution is -2.42. The Bertz CT molecular complexity index is 672. The van der Waals surface area contributed by atoms with Gasteiger partial charge in [0.2, 0.25) is 10.0 Å². The minimum absolute atomic E-state index is 0.0499. The van der Waals surface area contributed by atoms with Crippen LogP contribution < -0.4 is 10.1 Å². The van der Waals surface area contributed by atoms with E-state index in [0.29, 0.717) is 18.8 Å². The van der Waals surface area contributed by atoms with Gasteiger partial charge < -0.3 is 14.8 Å². The highest BCUT2D eigenvalue weighted by atomic mass is 32.2. The molecule has 0 saturated carbocycles. The Balaban J connectivity index is 1.67. The smallest absolute Gasteiger partial charge is 0.257 e. The Morgan fingerprint density at radius 2 is 1.92 bits per heavy atom. The summed E-state index contributed by atoms with van der Waals surface area (Å²) in [4.78, 5) is 14.1. The largest absolute Gasteiger partial charge is 0.484 e. The number of amides is 1. The second-order valence-electron chi connectivity index (χ2n) is 6.26. The molecule has 1 aromatic rings. The number of nitrogens with zero attached hydrogens (tertiary/aromatic N) is 2. The first-order valence-electron chi connectivity index (χ1n) is 8.54. The Morgan fingerprint density at radius 3 is 2.54 bits per heavy atom. The summed E-state index contributed by atoms with van der Waals surface area (Å²) in [5.74, 6) is 0.401.